The van der Waals surface area contributed by atoms with Gasteiger partial charge in [-0.05, 0) is 30.6 Å². The van der Waals surface area contributed by atoms with Gasteiger partial charge in [0.05, 0.1) is 0 Å². The van der Waals surface area contributed by atoms with E-state index >= 15 is 0 Å². The van der Waals surface area contributed by atoms with Crippen LogP contribution in [0.5, 0.6) is 0 Å². The Morgan fingerprint density at radius 3 is 2.21 bits per heavy atom. The number of rotatable bonds is 3. The molecule has 0 N–H and O–H groups in total. The van der Waals surface area contributed by atoms with Crippen molar-refractivity contribution in [2.24, 2.45) is 11.3 Å². The SMILES string of the molecule is CCC(C)(C)C1=CC=C(C(C)C)CC1. The first kappa shape index (κ1) is 11.6. The van der Waals surface area contributed by atoms with Gasteiger partial charge in [0.1, 0.15) is 0 Å². The highest BCUT2D eigenvalue weighted by atomic mass is 14.3. The van der Waals surface area contributed by atoms with E-state index in [-0.39, 0.29) is 0 Å². The lowest BCUT2D eigenvalue weighted by Crippen LogP contribution is -2.15. The molecule has 0 saturated carbocycles. The van der Waals surface area contributed by atoms with Gasteiger partial charge in [0.25, 0.3) is 0 Å². The maximum absolute atomic E-state index is 2.36. The average molecular weight is 192 g/mol. The van der Waals surface area contributed by atoms with Crippen molar-refractivity contribution in [3.8, 4) is 0 Å². The lowest BCUT2D eigenvalue weighted by molar-refractivity contribution is 0.410. The van der Waals surface area contributed by atoms with Gasteiger partial charge in [0, 0.05) is 0 Å². The molecule has 0 heterocycles. The fourth-order valence-corrected chi connectivity index (χ4v) is 1.93. The minimum absolute atomic E-state index is 0.402. The van der Waals surface area contributed by atoms with Crippen LogP contribution >= 0.6 is 0 Å². The van der Waals surface area contributed by atoms with Gasteiger partial charge in [0.15, 0.2) is 0 Å². The van der Waals surface area contributed by atoms with Gasteiger partial charge in [-0.15, -0.1) is 0 Å². The minimum atomic E-state index is 0.402. The van der Waals surface area contributed by atoms with Crippen LogP contribution in [0.3, 0.4) is 0 Å². The standard InChI is InChI=1S/C14H24/c1-6-14(4,5)13-9-7-12(8-10-13)11(2)3/h7,9,11H,6,8,10H2,1-5H3. The second-order valence-electron chi connectivity index (χ2n) is 5.33. The van der Waals surface area contributed by atoms with Gasteiger partial charge in [-0.1, -0.05) is 57.9 Å². The molecule has 0 nitrogen and oxygen atoms in total. The molecule has 1 aliphatic rings. The van der Waals surface area contributed by atoms with E-state index < -0.39 is 0 Å². The van der Waals surface area contributed by atoms with Crippen LogP contribution in [0.1, 0.15) is 53.9 Å². The van der Waals surface area contributed by atoms with E-state index in [0.717, 1.165) is 5.92 Å². The third-order valence-corrected chi connectivity index (χ3v) is 3.68. The Morgan fingerprint density at radius 1 is 1.21 bits per heavy atom. The molecule has 0 radical (unpaired) electrons. The average Bonchev–Trinajstić information content (AvgIpc) is 2.18. The zero-order valence-corrected chi connectivity index (χ0v) is 10.4. The fourth-order valence-electron chi connectivity index (χ4n) is 1.93. The first-order valence-electron chi connectivity index (χ1n) is 5.87. The maximum atomic E-state index is 2.36. The van der Waals surface area contributed by atoms with Crippen LogP contribution in [0, 0.1) is 11.3 Å². The third kappa shape index (κ3) is 2.50. The van der Waals surface area contributed by atoms with Crippen LogP contribution in [0.25, 0.3) is 0 Å². The molecule has 0 amide bonds. The molecule has 0 aromatic rings. The Morgan fingerprint density at radius 2 is 1.86 bits per heavy atom. The first-order chi connectivity index (χ1) is 6.47. The summed E-state index contributed by atoms with van der Waals surface area (Å²) in [5, 5.41) is 0. The van der Waals surface area contributed by atoms with Crippen molar-refractivity contribution in [1.29, 1.82) is 0 Å². The van der Waals surface area contributed by atoms with Crippen LogP contribution in [-0.2, 0) is 0 Å². The zero-order valence-electron chi connectivity index (χ0n) is 10.4. The highest BCUT2D eigenvalue weighted by Crippen LogP contribution is 2.37. The highest BCUT2D eigenvalue weighted by molar-refractivity contribution is 5.28. The topological polar surface area (TPSA) is 0 Å². The number of hydrogen-bond acceptors (Lipinski definition) is 0. The summed E-state index contributed by atoms with van der Waals surface area (Å²) in [5.74, 6) is 0.720. The Bertz CT molecular complexity index is 251. The zero-order chi connectivity index (χ0) is 10.8. The van der Waals surface area contributed by atoms with Crippen LogP contribution < -0.4 is 0 Å². The van der Waals surface area contributed by atoms with Gasteiger partial charge in [-0.3, -0.25) is 0 Å². The summed E-state index contributed by atoms with van der Waals surface area (Å²) >= 11 is 0. The minimum Gasteiger partial charge on any atom is -0.0673 e. The predicted molar refractivity (Wildman–Crippen MR) is 64.3 cm³/mol. The Kier molecular flexibility index (Phi) is 3.58. The van der Waals surface area contributed by atoms with E-state index in [1.165, 1.54) is 19.3 Å². The second-order valence-corrected chi connectivity index (χ2v) is 5.33. The molecule has 1 aliphatic carbocycles. The molecule has 0 heteroatoms. The van der Waals surface area contributed by atoms with E-state index in [0.29, 0.717) is 5.41 Å². The Balaban J connectivity index is 2.78. The fraction of sp³-hybridized carbons (Fsp3) is 0.714. The molecule has 0 aliphatic heterocycles. The van der Waals surface area contributed by atoms with Crippen molar-refractivity contribution < 1.29 is 0 Å². The molecular weight excluding hydrogens is 168 g/mol. The molecular formula is C14H24. The summed E-state index contributed by atoms with van der Waals surface area (Å²) in [6, 6.07) is 0. The second kappa shape index (κ2) is 4.33. The van der Waals surface area contributed by atoms with Gasteiger partial charge in [0.2, 0.25) is 0 Å². The molecule has 80 valence electrons. The molecule has 0 spiro atoms. The Labute approximate surface area is 89.1 Å². The molecule has 0 aromatic carbocycles. The summed E-state index contributed by atoms with van der Waals surface area (Å²) in [4.78, 5) is 0. The highest BCUT2D eigenvalue weighted by Gasteiger charge is 2.22. The first-order valence-corrected chi connectivity index (χ1v) is 5.87. The lowest BCUT2D eigenvalue weighted by Gasteiger charge is -2.29. The molecule has 1 rings (SSSR count). The van der Waals surface area contributed by atoms with Gasteiger partial charge in [-0.25, -0.2) is 0 Å². The van der Waals surface area contributed by atoms with Crippen molar-refractivity contribution in [2.45, 2.75) is 53.9 Å². The molecule has 0 aromatic heterocycles. The smallest absolute Gasteiger partial charge is 0.0144 e. The largest absolute Gasteiger partial charge is 0.0673 e. The molecule has 0 saturated heterocycles. The molecule has 0 unspecified atom stereocenters. The van der Waals surface area contributed by atoms with Crippen molar-refractivity contribution in [2.75, 3.05) is 0 Å². The summed E-state index contributed by atoms with van der Waals surface area (Å²) < 4.78 is 0. The molecule has 14 heavy (non-hydrogen) atoms. The van der Waals surface area contributed by atoms with Crippen LogP contribution in [0.4, 0.5) is 0 Å². The van der Waals surface area contributed by atoms with Crippen molar-refractivity contribution in [3.05, 3.63) is 23.3 Å². The maximum Gasteiger partial charge on any atom is -0.0144 e. The number of allylic oxidation sites excluding steroid dienone is 4. The molecule has 0 atom stereocenters. The monoisotopic (exact) mass is 192 g/mol. The van der Waals surface area contributed by atoms with E-state index in [9.17, 15) is 0 Å². The van der Waals surface area contributed by atoms with Gasteiger partial charge < -0.3 is 0 Å². The summed E-state index contributed by atoms with van der Waals surface area (Å²) in [5.41, 5.74) is 3.64. The van der Waals surface area contributed by atoms with Crippen LogP contribution in [-0.4, -0.2) is 0 Å². The van der Waals surface area contributed by atoms with Crippen LogP contribution in [0.2, 0.25) is 0 Å². The summed E-state index contributed by atoms with van der Waals surface area (Å²) in [6.45, 7) is 11.6. The quantitative estimate of drug-likeness (QED) is 0.606. The third-order valence-electron chi connectivity index (χ3n) is 3.68. The van der Waals surface area contributed by atoms with Crippen molar-refractivity contribution in [1.82, 2.24) is 0 Å². The van der Waals surface area contributed by atoms with E-state index in [1.54, 1.807) is 11.1 Å². The molecule has 0 bridgehead atoms. The van der Waals surface area contributed by atoms with Crippen molar-refractivity contribution >= 4 is 0 Å². The molecule has 0 fully saturated rings. The van der Waals surface area contributed by atoms with E-state index in [1.807, 2.05) is 0 Å². The van der Waals surface area contributed by atoms with E-state index in [2.05, 4.69) is 46.8 Å². The normalized spacial score (nSPS) is 18.1. The van der Waals surface area contributed by atoms with Crippen LogP contribution in [0.15, 0.2) is 23.3 Å². The lowest BCUT2D eigenvalue weighted by atomic mass is 9.76. The van der Waals surface area contributed by atoms with Gasteiger partial charge in [-0.2, -0.15) is 0 Å². The predicted octanol–water partition coefficient (Wildman–Crippen LogP) is 4.73. The summed E-state index contributed by atoms with van der Waals surface area (Å²) in [6.07, 6.45) is 8.49. The Hall–Kier alpha value is -0.520. The summed E-state index contributed by atoms with van der Waals surface area (Å²) in [7, 11) is 0. The van der Waals surface area contributed by atoms with Crippen molar-refractivity contribution in [3.63, 3.8) is 0 Å². The number of hydrogen-bond donors (Lipinski definition) is 0. The van der Waals surface area contributed by atoms with E-state index in [4.69, 9.17) is 0 Å². The van der Waals surface area contributed by atoms with Gasteiger partial charge >= 0.3 is 0 Å².